The Morgan fingerprint density at radius 3 is 2.88 bits per heavy atom. The summed E-state index contributed by atoms with van der Waals surface area (Å²) >= 11 is 0. The molecule has 3 heterocycles. The van der Waals surface area contributed by atoms with Crippen molar-refractivity contribution < 1.29 is 12.8 Å². The number of nitrogens with zero attached hydrogens (tertiary/aromatic N) is 4. The maximum Gasteiger partial charge on any atom is 0.180 e. The van der Waals surface area contributed by atoms with Crippen molar-refractivity contribution in [3.05, 3.63) is 42.9 Å². The van der Waals surface area contributed by atoms with Crippen LogP contribution in [0.25, 0.3) is 11.0 Å². The van der Waals surface area contributed by atoms with Gasteiger partial charge < -0.3 is 9.88 Å². The lowest BCUT2D eigenvalue weighted by molar-refractivity contribution is 0.282. The number of aromatic amines is 1. The summed E-state index contributed by atoms with van der Waals surface area (Å²) in [6.07, 6.45) is 7.02. The van der Waals surface area contributed by atoms with Gasteiger partial charge in [0.1, 0.15) is 23.6 Å². The Balaban J connectivity index is 1.43. The third-order valence-electron chi connectivity index (χ3n) is 4.92. The topological polar surface area (TPSA) is 91.8 Å². The summed E-state index contributed by atoms with van der Waals surface area (Å²) in [4.78, 5) is 17.3. The lowest BCUT2D eigenvalue weighted by Gasteiger charge is -2.41. The Morgan fingerprint density at radius 1 is 1.31 bits per heavy atom. The number of H-pyrrole nitrogens is 1. The monoisotopic (exact) mass is 375 g/mol. The molecule has 4 rings (SSSR count). The van der Waals surface area contributed by atoms with Crippen LogP contribution in [0, 0.1) is 11.7 Å². The van der Waals surface area contributed by atoms with Gasteiger partial charge in [0, 0.05) is 25.5 Å². The molecule has 1 fully saturated rings. The minimum atomic E-state index is -3.53. The van der Waals surface area contributed by atoms with E-state index in [0.29, 0.717) is 0 Å². The summed E-state index contributed by atoms with van der Waals surface area (Å²) in [6, 6.07) is 3.17. The Hall–Kier alpha value is -2.55. The van der Waals surface area contributed by atoms with Gasteiger partial charge in [0.15, 0.2) is 9.84 Å². The number of halogens is 1. The van der Waals surface area contributed by atoms with Crippen LogP contribution in [-0.2, 0) is 9.84 Å². The first kappa shape index (κ1) is 16.9. The summed E-state index contributed by atoms with van der Waals surface area (Å²) in [5, 5.41) is 0.942. The van der Waals surface area contributed by atoms with Crippen LogP contribution in [0.5, 0.6) is 0 Å². The molecule has 3 aromatic heterocycles. The minimum Gasteiger partial charge on any atom is -0.356 e. The Kier molecular flexibility index (Phi) is 4.10. The molecule has 0 radical (unpaired) electrons. The van der Waals surface area contributed by atoms with Crippen molar-refractivity contribution in [3.8, 4) is 0 Å². The van der Waals surface area contributed by atoms with Gasteiger partial charge in [-0.05, 0) is 30.9 Å². The summed E-state index contributed by atoms with van der Waals surface area (Å²) in [7, 11) is -1.58. The van der Waals surface area contributed by atoms with Gasteiger partial charge in [0.25, 0.3) is 0 Å². The average Bonchev–Trinajstić information content (AvgIpc) is 3.06. The van der Waals surface area contributed by atoms with Crippen molar-refractivity contribution in [2.24, 2.45) is 5.92 Å². The van der Waals surface area contributed by atoms with Gasteiger partial charge in [-0.3, -0.25) is 4.98 Å². The highest BCUT2D eigenvalue weighted by atomic mass is 32.2. The number of anilines is 1. The van der Waals surface area contributed by atoms with Gasteiger partial charge >= 0.3 is 0 Å². The van der Waals surface area contributed by atoms with E-state index in [4.69, 9.17) is 0 Å². The number of aromatic nitrogens is 4. The normalized spacial score (nSPS) is 20.1. The van der Waals surface area contributed by atoms with E-state index in [1.54, 1.807) is 0 Å². The van der Waals surface area contributed by atoms with Crippen molar-refractivity contribution in [3.63, 3.8) is 0 Å². The van der Waals surface area contributed by atoms with Gasteiger partial charge in [-0.15, -0.1) is 0 Å². The Bertz CT molecular complexity index is 1050. The molecule has 1 N–H and O–H groups in total. The van der Waals surface area contributed by atoms with Gasteiger partial charge in [-0.2, -0.15) is 0 Å². The van der Waals surface area contributed by atoms with Crippen LogP contribution in [0.15, 0.2) is 41.9 Å². The second-order valence-corrected chi connectivity index (χ2v) is 8.69. The van der Waals surface area contributed by atoms with E-state index in [2.05, 4.69) is 24.8 Å². The highest BCUT2D eigenvalue weighted by Gasteiger charge is 2.36. The van der Waals surface area contributed by atoms with E-state index in [1.165, 1.54) is 12.5 Å². The summed E-state index contributed by atoms with van der Waals surface area (Å²) < 4.78 is 38.1. The lowest BCUT2D eigenvalue weighted by atomic mass is 9.81. The number of pyridine rings is 1. The molecule has 0 aromatic carbocycles. The van der Waals surface area contributed by atoms with Crippen LogP contribution < -0.4 is 4.90 Å². The first-order valence-corrected chi connectivity index (χ1v) is 9.93. The first-order valence-electron chi connectivity index (χ1n) is 8.28. The molecule has 0 saturated heterocycles. The second kappa shape index (κ2) is 6.31. The molecule has 0 bridgehead atoms. The molecule has 0 aliphatic heterocycles. The van der Waals surface area contributed by atoms with E-state index >= 15 is 0 Å². The fourth-order valence-electron chi connectivity index (χ4n) is 3.43. The quantitative estimate of drug-likeness (QED) is 0.735. The molecule has 1 aliphatic carbocycles. The molecule has 26 heavy (non-hydrogen) atoms. The average molecular weight is 375 g/mol. The molecule has 1 saturated carbocycles. The van der Waals surface area contributed by atoms with Crippen LogP contribution in [-0.4, -0.2) is 47.2 Å². The molecule has 0 amide bonds. The van der Waals surface area contributed by atoms with Crippen LogP contribution >= 0.6 is 0 Å². The molecule has 1 aliphatic rings. The number of hydrogen-bond acceptors (Lipinski definition) is 6. The lowest BCUT2D eigenvalue weighted by Crippen LogP contribution is -2.45. The molecule has 136 valence electrons. The van der Waals surface area contributed by atoms with Crippen molar-refractivity contribution in [1.82, 2.24) is 19.9 Å². The first-order chi connectivity index (χ1) is 12.4. The molecule has 3 aromatic rings. The third-order valence-corrected chi connectivity index (χ3v) is 6.77. The van der Waals surface area contributed by atoms with Gasteiger partial charge in [-0.1, -0.05) is 0 Å². The van der Waals surface area contributed by atoms with E-state index in [-0.39, 0.29) is 22.6 Å². The van der Waals surface area contributed by atoms with E-state index in [0.717, 1.165) is 42.0 Å². The maximum absolute atomic E-state index is 13.2. The zero-order chi connectivity index (χ0) is 18.3. The standard InChI is InChI=1S/C17H18FN5O2S/c1-23(17-15-2-3-20-16(15)21-10-22-17)13-4-11(5-13)9-26(24,25)14-6-12(18)7-19-8-14/h2-3,6-8,10-11,13H,4-5,9H2,1H3,(H,20,21,22)/t11-,13+. The number of hydrogen-bond donors (Lipinski definition) is 1. The predicted molar refractivity (Wildman–Crippen MR) is 95.1 cm³/mol. The van der Waals surface area contributed by atoms with Gasteiger partial charge in [0.05, 0.1) is 22.2 Å². The molecule has 0 spiro atoms. The predicted octanol–water partition coefficient (Wildman–Crippen LogP) is 2.18. The zero-order valence-corrected chi connectivity index (χ0v) is 14.9. The summed E-state index contributed by atoms with van der Waals surface area (Å²) in [5.41, 5.74) is 0.777. The van der Waals surface area contributed by atoms with Crippen molar-refractivity contribution in [1.29, 1.82) is 0 Å². The van der Waals surface area contributed by atoms with Crippen molar-refractivity contribution in [2.75, 3.05) is 17.7 Å². The van der Waals surface area contributed by atoms with Crippen LogP contribution in [0.2, 0.25) is 0 Å². The number of rotatable bonds is 5. The fraction of sp³-hybridized carbons (Fsp3) is 0.353. The number of sulfone groups is 1. The Morgan fingerprint density at radius 2 is 2.12 bits per heavy atom. The fourth-order valence-corrected chi connectivity index (χ4v) is 5.03. The minimum absolute atomic E-state index is 0.00577. The molecule has 9 heteroatoms. The largest absolute Gasteiger partial charge is 0.356 e. The molecule has 0 atom stereocenters. The van der Waals surface area contributed by atoms with Crippen molar-refractivity contribution >= 4 is 26.7 Å². The highest BCUT2D eigenvalue weighted by Crippen LogP contribution is 2.36. The summed E-state index contributed by atoms with van der Waals surface area (Å²) in [6.45, 7) is 0. The van der Waals surface area contributed by atoms with E-state index in [1.807, 2.05) is 19.3 Å². The number of nitrogens with one attached hydrogen (secondary N) is 1. The molecular weight excluding hydrogens is 357 g/mol. The number of fused-ring (bicyclic) bond motifs is 1. The third kappa shape index (κ3) is 3.03. The van der Waals surface area contributed by atoms with Crippen LogP contribution in [0.3, 0.4) is 0 Å². The highest BCUT2D eigenvalue weighted by molar-refractivity contribution is 7.91. The smallest absolute Gasteiger partial charge is 0.180 e. The van der Waals surface area contributed by atoms with Crippen molar-refractivity contribution in [2.45, 2.75) is 23.8 Å². The van der Waals surface area contributed by atoms with Crippen LogP contribution in [0.4, 0.5) is 10.2 Å². The Labute approximate surface area is 150 Å². The molecule has 0 unspecified atom stereocenters. The van der Waals surface area contributed by atoms with Gasteiger partial charge in [-0.25, -0.2) is 22.8 Å². The van der Waals surface area contributed by atoms with E-state index in [9.17, 15) is 12.8 Å². The van der Waals surface area contributed by atoms with Gasteiger partial charge in [0.2, 0.25) is 0 Å². The molecule has 7 nitrogen and oxygen atoms in total. The molecular formula is C17H18FN5O2S. The van der Waals surface area contributed by atoms with E-state index < -0.39 is 15.7 Å². The van der Waals surface area contributed by atoms with Crippen LogP contribution in [0.1, 0.15) is 12.8 Å². The maximum atomic E-state index is 13.2. The SMILES string of the molecule is CN(c1ncnc2[nH]ccc12)[C@H]1C[C@@H](CS(=O)(=O)c2cncc(F)c2)C1. The second-order valence-electron chi connectivity index (χ2n) is 6.66. The zero-order valence-electron chi connectivity index (χ0n) is 14.1. The summed E-state index contributed by atoms with van der Waals surface area (Å²) in [5.74, 6) is 0.235.